The maximum atomic E-state index is 13.4. The van der Waals surface area contributed by atoms with E-state index in [4.69, 9.17) is 26.4 Å². The van der Waals surface area contributed by atoms with Gasteiger partial charge in [-0.05, 0) is 54.2 Å². The lowest BCUT2D eigenvalue weighted by molar-refractivity contribution is 0.0161. The summed E-state index contributed by atoms with van der Waals surface area (Å²) in [6.45, 7) is 3.09. The standard InChI is InChI=1S/C24H27FN4O4S/c1-31-21-8-3-16(13-22(21)32-2)19(28-9-11-33-12-10-28)14-26-23(30)20-15-27-24(34)29(20)18-6-4-17(25)5-7-18/h3-8,13,15,19H,9-12,14H2,1-2H3,(H,26,30)(H,27,34). The molecule has 1 aliphatic rings. The largest absolute Gasteiger partial charge is 0.493 e. The van der Waals surface area contributed by atoms with E-state index in [9.17, 15) is 9.18 Å². The van der Waals surface area contributed by atoms with Crippen LogP contribution in [0.4, 0.5) is 4.39 Å². The minimum atomic E-state index is -0.361. The van der Waals surface area contributed by atoms with Crippen LogP contribution in [0.3, 0.4) is 0 Å². The number of nitrogens with one attached hydrogen (secondary N) is 2. The highest BCUT2D eigenvalue weighted by atomic mass is 32.1. The molecule has 0 spiro atoms. The van der Waals surface area contributed by atoms with Crippen molar-refractivity contribution in [2.24, 2.45) is 0 Å². The molecule has 2 N–H and O–H groups in total. The third-order valence-corrected chi connectivity index (χ3v) is 6.13. The van der Waals surface area contributed by atoms with E-state index >= 15 is 0 Å². The van der Waals surface area contributed by atoms with Crippen LogP contribution in [0.5, 0.6) is 11.5 Å². The van der Waals surface area contributed by atoms with Gasteiger partial charge in [0.05, 0.1) is 33.5 Å². The third-order valence-electron chi connectivity index (χ3n) is 5.83. The predicted octanol–water partition coefficient (Wildman–Crippen LogP) is 3.49. The number of methoxy groups -OCH3 is 2. The second-order valence-corrected chi connectivity index (χ2v) is 8.17. The van der Waals surface area contributed by atoms with Gasteiger partial charge in [0.25, 0.3) is 5.91 Å². The van der Waals surface area contributed by atoms with Gasteiger partial charge in [-0.2, -0.15) is 0 Å². The molecule has 1 aliphatic heterocycles. The number of H-pyrrole nitrogens is 1. The molecule has 0 radical (unpaired) electrons. The van der Waals surface area contributed by atoms with Crippen LogP contribution in [0.15, 0.2) is 48.7 Å². The number of ether oxygens (including phenoxy) is 3. The molecule has 1 saturated heterocycles. The minimum absolute atomic E-state index is 0.103. The van der Waals surface area contributed by atoms with Gasteiger partial charge in [-0.1, -0.05) is 6.07 Å². The molecule has 1 amide bonds. The zero-order chi connectivity index (χ0) is 24.1. The first-order chi connectivity index (χ1) is 16.5. The Kier molecular flexibility index (Phi) is 7.61. The molecule has 1 atom stereocenters. The van der Waals surface area contributed by atoms with Crippen molar-refractivity contribution in [3.63, 3.8) is 0 Å². The zero-order valence-corrected chi connectivity index (χ0v) is 19.9. The lowest BCUT2D eigenvalue weighted by Gasteiger charge is -2.35. The minimum Gasteiger partial charge on any atom is -0.493 e. The van der Waals surface area contributed by atoms with Gasteiger partial charge in [-0.3, -0.25) is 14.3 Å². The van der Waals surface area contributed by atoms with E-state index in [-0.39, 0.29) is 17.8 Å². The van der Waals surface area contributed by atoms with Crippen molar-refractivity contribution in [3.05, 3.63) is 70.5 Å². The van der Waals surface area contributed by atoms with E-state index in [0.717, 1.165) is 18.7 Å². The summed E-state index contributed by atoms with van der Waals surface area (Å²) in [5.41, 5.74) is 1.93. The number of carbonyl (C=O) groups excluding carboxylic acids is 1. The quantitative estimate of drug-likeness (QED) is 0.475. The van der Waals surface area contributed by atoms with Crippen molar-refractivity contribution >= 4 is 18.1 Å². The number of hydrogen-bond acceptors (Lipinski definition) is 6. The second kappa shape index (κ2) is 10.8. The van der Waals surface area contributed by atoms with E-state index in [1.165, 1.54) is 12.1 Å². The van der Waals surface area contributed by atoms with Crippen molar-refractivity contribution < 1.29 is 23.4 Å². The number of nitrogens with zero attached hydrogens (tertiary/aromatic N) is 2. The molecule has 0 aliphatic carbocycles. The van der Waals surface area contributed by atoms with Gasteiger partial charge >= 0.3 is 0 Å². The number of aromatic amines is 1. The smallest absolute Gasteiger partial charge is 0.269 e. The van der Waals surface area contributed by atoms with Crippen molar-refractivity contribution in [1.82, 2.24) is 19.8 Å². The van der Waals surface area contributed by atoms with E-state index in [1.807, 2.05) is 18.2 Å². The summed E-state index contributed by atoms with van der Waals surface area (Å²) in [5, 5.41) is 3.04. The maximum Gasteiger partial charge on any atom is 0.269 e. The Labute approximate surface area is 202 Å². The number of hydrogen-bond donors (Lipinski definition) is 2. The van der Waals surface area contributed by atoms with Crippen LogP contribution in [0.1, 0.15) is 22.1 Å². The summed E-state index contributed by atoms with van der Waals surface area (Å²) in [5.74, 6) is 0.609. The summed E-state index contributed by atoms with van der Waals surface area (Å²) < 4.78 is 31.7. The van der Waals surface area contributed by atoms with Crippen LogP contribution in [0.25, 0.3) is 5.69 Å². The summed E-state index contributed by atoms with van der Waals surface area (Å²) in [7, 11) is 3.19. The lowest BCUT2D eigenvalue weighted by Crippen LogP contribution is -2.44. The van der Waals surface area contributed by atoms with Crippen LogP contribution in [0.2, 0.25) is 0 Å². The Morgan fingerprint density at radius 2 is 1.85 bits per heavy atom. The molecular formula is C24H27FN4O4S. The molecule has 2 aromatic carbocycles. The van der Waals surface area contributed by atoms with Gasteiger partial charge in [-0.15, -0.1) is 0 Å². The molecule has 3 aromatic rings. The highest BCUT2D eigenvalue weighted by molar-refractivity contribution is 7.71. The van der Waals surface area contributed by atoms with E-state index in [1.54, 1.807) is 37.1 Å². The topological polar surface area (TPSA) is 80.8 Å². The van der Waals surface area contributed by atoms with Crippen molar-refractivity contribution in [1.29, 1.82) is 0 Å². The van der Waals surface area contributed by atoms with Gasteiger partial charge in [-0.25, -0.2) is 4.39 Å². The van der Waals surface area contributed by atoms with Crippen LogP contribution >= 0.6 is 12.2 Å². The summed E-state index contributed by atoms with van der Waals surface area (Å²) in [4.78, 5) is 18.4. The van der Waals surface area contributed by atoms with Crippen LogP contribution in [-0.2, 0) is 4.74 Å². The number of imidazole rings is 1. The average molecular weight is 487 g/mol. The van der Waals surface area contributed by atoms with Gasteiger partial charge in [0.15, 0.2) is 16.3 Å². The molecular weight excluding hydrogens is 459 g/mol. The normalized spacial score (nSPS) is 15.0. The van der Waals surface area contributed by atoms with Crippen molar-refractivity contribution in [2.45, 2.75) is 6.04 Å². The maximum absolute atomic E-state index is 13.4. The van der Waals surface area contributed by atoms with Gasteiger partial charge in [0, 0.05) is 31.5 Å². The fourth-order valence-electron chi connectivity index (χ4n) is 4.07. The molecule has 10 heteroatoms. The Morgan fingerprint density at radius 3 is 2.53 bits per heavy atom. The molecule has 8 nitrogen and oxygen atoms in total. The lowest BCUT2D eigenvalue weighted by atomic mass is 10.0. The van der Waals surface area contributed by atoms with Crippen LogP contribution in [-0.4, -0.2) is 67.4 Å². The van der Waals surface area contributed by atoms with Gasteiger partial charge < -0.3 is 24.5 Å². The number of morpholine rings is 1. The number of aromatic nitrogens is 2. The fraction of sp³-hybridized carbons (Fsp3) is 0.333. The molecule has 180 valence electrons. The van der Waals surface area contributed by atoms with E-state index < -0.39 is 0 Å². The number of rotatable bonds is 8. The summed E-state index contributed by atoms with van der Waals surface area (Å²) >= 11 is 5.36. The molecule has 0 saturated carbocycles. The Balaban J connectivity index is 1.58. The molecule has 1 aromatic heterocycles. The van der Waals surface area contributed by atoms with E-state index in [0.29, 0.717) is 47.4 Å². The Bertz CT molecular complexity index is 1190. The second-order valence-electron chi connectivity index (χ2n) is 7.78. The summed E-state index contributed by atoms with van der Waals surface area (Å²) in [6, 6.07) is 11.5. The van der Waals surface area contributed by atoms with Crippen LogP contribution < -0.4 is 14.8 Å². The van der Waals surface area contributed by atoms with Gasteiger partial charge in [0.2, 0.25) is 0 Å². The number of amides is 1. The Morgan fingerprint density at radius 1 is 1.15 bits per heavy atom. The average Bonchev–Trinajstić information content (AvgIpc) is 3.26. The monoisotopic (exact) mass is 486 g/mol. The molecule has 2 heterocycles. The summed E-state index contributed by atoms with van der Waals surface area (Å²) in [6.07, 6.45) is 1.56. The zero-order valence-electron chi connectivity index (χ0n) is 19.0. The number of halogens is 1. The number of benzene rings is 2. The first-order valence-corrected chi connectivity index (χ1v) is 11.3. The third kappa shape index (κ3) is 5.14. The molecule has 34 heavy (non-hydrogen) atoms. The SMILES string of the molecule is COc1ccc(C(CNC(=O)c2c[nH]c(=S)n2-c2ccc(F)cc2)N2CCOCC2)cc1OC. The number of carbonyl (C=O) groups is 1. The molecule has 1 fully saturated rings. The first-order valence-electron chi connectivity index (χ1n) is 10.9. The highest BCUT2D eigenvalue weighted by Gasteiger charge is 2.25. The Hall–Kier alpha value is -3.21. The fourth-order valence-corrected chi connectivity index (χ4v) is 4.33. The van der Waals surface area contributed by atoms with Gasteiger partial charge in [0.1, 0.15) is 11.5 Å². The van der Waals surface area contributed by atoms with Crippen LogP contribution in [0, 0.1) is 10.6 Å². The highest BCUT2D eigenvalue weighted by Crippen LogP contribution is 2.32. The predicted molar refractivity (Wildman–Crippen MR) is 128 cm³/mol. The van der Waals surface area contributed by atoms with E-state index in [2.05, 4.69) is 15.2 Å². The van der Waals surface area contributed by atoms with Crippen molar-refractivity contribution in [3.8, 4) is 17.2 Å². The molecule has 1 unspecified atom stereocenters. The van der Waals surface area contributed by atoms with Crippen molar-refractivity contribution in [2.75, 3.05) is 47.1 Å². The molecule has 4 rings (SSSR count). The first kappa shape index (κ1) is 23.9. The molecule has 0 bridgehead atoms.